The predicted molar refractivity (Wildman–Crippen MR) is 103 cm³/mol. The molecular weight excluding hydrogens is 443 g/mol. The van der Waals surface area contributed by atoms with Crippen LogP contribution in [0.25, 0.3) is 0 Å². The number of carbonyl (C=O) groups is 2. The normalized spacial score (nSPS) is 31.4. The molecular formula is C18H28F3N3O6S. The molecule has 4 aliphatic rings. The van der Waals surface area contributed by atoms with Gasteiger partial charge in [0.1, 0.15) is 6.54 Å². The number of rotatable bonds is 3. The molecule has 4 rings (SSSR count). The molecule has 13 heteroatoms. The highest BCUT2D eigenvalue weighted by atomic mass is 32.2. The van der Waals surface area contributed by atoms with Gasteiger partial charge in [-0.25, -0.2) is 17.9 Å². The van der Waals surface area contributed by atoms with Crippen molar-refractivity contribution in [3.8, 4) is 0 Å². The van der Waals surface area contributed by atoms with Crippen molar-refractivity contribution >= 4 is 22.0 Å². The fourth-order valence-corrected chi connectivity index (χ4v) is 5.39. The Morgan fingerprint density at radius 2 is 1.81 bits per heavy atom. The number of amides is 2. The van der Waals surface area contributed by atoms with Gasteiger partial charge in [0.2, 0.25) is 10.0 Å². The van der Waals surface area contributed by atoms with Crippen LogP contribution in [0.2, 0.25) is 0 Å². The Kier molecular flexibility index (Phi) is 7.36. The molecule has 0 aromatic rings. The minimum absolute atomic E-state index is 0.0917. The smallest absolute Gasteiger partial charge is 0.410 e. The van der Waals surface area contributed by atoms with Crippen LogP contribution in [0, 0.1) is 0 Å². The van der Waals surface area contributed by atoms with E-state index in [-0.39, 0.29) is 12.7 Å². The fourth-order valence-electron chi connectivity index (χ4n) is 4.57. The number of sulfonamides is 1. The second kappa shape index (κ2) is 9.49. The van der Waals surface area contributed by atoms with Gasteiger partial charge in [0, 0.05) is 18.6 Å². The topological polar surface area (TPSA) is 105 Å². The highest BCUT2D eigenvalue weighted by molar-refractivity contribution is 7.88. The summed E-state index contributed by atoms with van der Waals surface area (Å²) in [7, 11) is -3.53. The lowest BCUT2D eigenvalue weighted by Crippen LogP contribution is -2.59. The summed E-state index contributed by atoms with van der Waals surface area (Å²) in [4.78, 5) is 27.3. The summed E-state index contributed by atoms with van der Waals surface area (Å²) in [5.41, 5.74) is 0. The number of hydrogen-bond acceptors (Lipinski definition) is 6. The molecule has 0 spiro atoms. The molecule has 178 valence electrons. The molecule has 2 atom stereocenters. The molecule has 0 aromatic heterocycles. The van der Waals surface area contributed by atoms with Gasteiger partial charge in [0.15, 0.2) is 6.61 Å². The van der Waals surface area contributed by atoms with Gasteiger partial charge in [-0.15, -0.1) is 0 Å². The monoisotopic (exact) mass is 471 g/mol. The predicted octanol–water partition coefficient (Wildman–Crippen LogP) is 1.24. The summed E-state index contributed by atoms with van der Waals surface area (Å²) in [5.74, 6) is -0.597. The first-order chi connectivity index (χ1) is 14.4. The molecule has 0 radical (unpaired) electrons. The van der Waals surface area contributed by atoms with Crippen LogP contribution in [-0.4, -0.2) is 93.2 Å². The molecule has 4 fully saturated rings. The van der Waals surface area contributed by atoms with Crippen LogP contribution in [0.5, 0.6) is 0 Å². The number of fused-ring (bicyclic) bond motifs is 7. The average molecular weight is 471 g/mol. The van der Waals surface area contributed by atoms with E-state index in [1.165, 1.54) is 4.90 Å². The summed E-state index contributed by atoms with van der Waals surface area (Å²) in [6.45, 7) is -1.76. The third-order valence-corrected chi connectivity index (χ3v) is 6.69. The SMILES string of the molecule is CS(=O)(=O)N[C@H]1CCCN2C(=O)COC(=O)N(CC(F)(F)F)C3CCC(CC3)OCC12. The summed E-state index contributed by atoms with van der Waals surface area (Å²) in [6, 6.07) is -1.81. The lowest BCUT2D eigenvalue weighted by Gasteiger charge is -2.41. The Morgan fingerprint density at radius 3 is 2.42 bits per heavy atom. The Bertz CT molecular complexity index is 770. The Hall–Kier alpha value is -1.60. The van der Waals surface area contributed by atoms with E-state index in [4.69, 9.17) is 9.47 Å². The Balaban J connectivity index is 1.82. The number of ether oxygens (including phenoxy) is 2. The Morgan fingerprint density at radius 1 is 1.13 bits per heavy atom. The zero-order chi connectivity index (χ0) is 22.8. The quantitative estimate of drug-likeness (QED) is 0.664. The maximum absolute atomic E-state index is 13.0. The first kappa shape index (κ1) is 24.1. The van der Waals surface area contributed by atoms with Crippen LogP contribution >= 0.6 is 0 Å². The van der Waals surface area contributed by atoms with E-state index < -0.39 is 59.5 Å². The maximum Gasteiger partial charge on any atom is 0.410 e. The van der Waals surface area contributed by atoms with Gasteiger partial charge in [0.25, 0.3) is 5.91 Å². The maximum atomic E-state index is 13.0. The first-order valence-corrected chi connectivity index (χ1v) is 12.2. The van der Waals surface area contributed by atoms with Crippen molar-refractivity contribution in [2.24, 2.45) is 0 Å². The minimum atomic E-state index is -4.59. The first-order valence-electron chi connectivity index (χ1n) is 10.3. The number of carbonyl (C=O) groups excluding carboxylic acids is 2. The van der Waals surface area contributed by atoms with Gasteiger partial charge in [-0.3, -0.25) is 9.69 Å². The highest BCUT2D eigenvalue weighted by Gasteiger charge is 2.41. The van der Waals surface area contributed by atoms with Crippen molar-refractivity contribution in [2.45, 2.75) is 68.9 Å². The highest BCUT2D eigenvalue weighted by Crippen LogP contribution is 2.30. The standard InChI is InChI=1S/C18H28F3N3O6S/c1-31(27,28)22-14-3-2-8-23-15(14)9-29-13-6-4-12(5-7-13)24(11-18(19,20)21)17(26)30-10-16(23)25/h12-15,22H,2-11H2,1H3/t12?,13?,14-,15?/m0/s1. The van der Waals surface area contributed by atoms with Gasteiger partial charge in [-0.2, -0.15) is 13.2 Å². The average Bonchev–Trinajstić information content (AvgIpc) is 2.68. The van der Waals surface area contributed by atoms with Crippen molar-refractivity contribution in [1.29, 1.82) is 0 Å². The Labute approximate surface area is 179 Å². The number of halogens is 3. The van der Waals surface area contributed by atoms with Crippen molar-refractivity contribution < 1.29 is 40.7 Å². The molecule has 2 bridgehead atoms. The van der Waals surface area contributed by atoms with E-state index in [9.17, 15) is 31.2 Å². The lowest BCUT2D eigenvalue weighted by atomic mass is 9.91. The van der Waals surface area contributed by atoms with Crippen LogP contribution in [0.4, 0.5) is 18.0 Å². The number of nitrogens with zero attached hydrogens (tertiary/aromatic N) is 2. The van der Waals surface area contributed by atoms with Crippen LogP contribution in [0.3, 0.4) is 0 Å². The van der Waals surface area contributed by atoms with Gasteiger partial charge in [-0.1, -0.05) is 0 Å². The molecule has 9 nitrogen and oxygen atoms in total. The summed E-state index contributed by atoms with van der Waals surface area (Å²) in [5, 5.41) is 0. The third-order valence-electron chi connectivity index (χ3n) is 5.96. The summed E-state index contributed by atoms with van der Waals surface area (Å²) in [6.07, 6.45) is -2.38. The van der Waals surface area contributed by atoms with Crippen molar-refractivity contribution in [1.82, 2.24) is 14.5 Å². The molecule has 0 aromatic carbocycles. The fraction of sp³-hybridized carbons (Fsp3) is 0.889. The number of hydrogen-bond donors (Lipinski definition) is 1. The molecule has 2 amide bonds. The molecule has 1 aliphatic carbocycles. The van der Waals surface area contributed by atoms with Crippen molar-refractivity contribution in [3.05, 3.63) is 0 Å². The van der Waals surface area contributed by atoms with Crippen molar-refractivity contribution in [2.75, 3.05) is 32.6 Å². The van der Waals surface area contributed by atoms with Gasteiger partial charge >= 0.3 is 12.3 Å². The minimum Gasteiger partial charge on any atom is -0.439 e. The van der Waals surface area contributed by atoms with Crippen molar-refractivity contribution in [3.63, 3.8) is 0 Å². The van der Waals surface area contributed by atoms with Gasteiger partial charge in [0.05, 0.1) is 25.0 Å². The molecule has 3 aliphatic heterocycles. The molecule has 1 unspecified atom stereocenters. The van der Waals surface area contributed by atoms with E-state index in [1.54, 1.807) is 0 Å². The second-order valence-corrected chi connectivity index (χ2v) is 10.1. The van der Waals surface area contributed by atoms with Crippen LogP contribution in [0.15, 0.2) is 0 Å². The van der Waals surface area contributed by atoms with E-state index >= 15 is 0 Å². The van der Waals surface area contributed by atoms with E-state index in [1.807, 2.05) is 0 Å². The molecule has 1 saturated carbocycles. The summed E-state index contributed by atoms with van der Waals surface area (Å²) < 4.78 is 76.1. The zero-order valence-electron chi connectivity index (χ0n) is 17.3. The number of piperidine rings is 1. The van der Waals surface area contributed by atoms with Crippen LogP contribution in [0.1, 0.15) is 38.5 Å². The number of alkyl halides is 3. The van der Waals surface area contributed by atoms with Gasteiger partial charge in [-0.05, 0) is 38.5 Å². The largest absolute Gasteiger partial charge is 0.439 e. The van der Waals surface area contributed by atoms with E-state index in [2.05, 4.69) is 4.72 Å². The zero-order valence-corrected chi connectivity index (χ0v) is 18.1. The molecule has 3 heterocycles. The van der Waals surface area contributed by atoms with E-state index in [0.29, 0.717) is 50.0 Å². The number of nitrogens with one attached hydrogen (secondary N) is 1. The van der Waals surface area contributed by atoms with Crippen LogP contribution < -0.4 is 4.72 Å². The van der Waals surface area contributed by atoms with Crippen LogP contribution in [-0.2, 0) is 24.3 Å². The summed E-state index contributed by atoms with van der Waals surface area (Å²) >= 11 is 0. The molecule has 3 saturated heterocycles. The molecule has 31 heavy (non-hydrogen) atoms. The lowest BCUT2D eigenvalue weighted by molar-refractivity contribution is -0.149. The third kappa shape index (κ3) is 6.69. The second-order valence-electron chi connectivity index (χ2n) is 8.35. The molecule has 1 N–H and O–H groups in total. The van der Waals surface area contributed by atoms with Gasteiger partial charge < -0.3 is 14.4 Å². The van der Waals surface area contributed by atoms with E-state index in [0.717, 1.165) is 6.26 Å².